The zero-order valence-electron chi connectivity index (χ0n) is 7.16. The molecule has 0 aliphatic carbocycles. The molecule has 3 nitrogen and oxygen atoms in total. The van der Waals surface area contributed by atoms with E-state index in [0.717, 1.165) is 9.86 Å². The number of nitrogen functional groups attached to an aromatic ring is 1. The zero-order valence-corrected chi connectivity index (χ0v) is 8.75. The van der Waals surface area contributed by atoms with Crippen molar-refractivity contribution in [2.45, 2.75) is 0 Å². The fraction of sp³-hybridized carbons (Fsp3) is 0. The third-order valence-electron chi connectivity index (χ3n) is 2.00. The molecule has 0 spiro atoms. The van der Waals surface area contributed by atoms with Crippen molar-refractivity contribution >= 4 is 32.5 Å². The van der Waals surface area contributed by atoms with Crippen LogP contribution in [0.1, 0.15) is 5.56 Å². The molecule has 4 heteroatoms. The maximum Gasteiger partial charge on any atom is 0.104 e. The van der Waals surface area contributed by atoms with Gasteiger partial charge in [0.25, 0.3) is 0 Å². The van der Waals surface area contributed by atoms with Crippen molar-refractivity contribution in [1.29, 1.82) is 5.26 Å². The number of nitrogens with zero attached hydrogens (tertiary/aromatic N) is 2. The summed E-state index contributed by atoms with van der Waals surface area (Å²) in [4.78, 5) is 4.13. The van der Waals surface area contributed by atoms with Crippen LogP contribution in [0.2, 0.25) is 0 Å². The van der Waals surface area contributed by atoms with Gasteiger partial charge in [0.1, 0.15) is 11.6 Å². The third-order valence-corrected chi connectivity index (χ3v) is 2.65. The average molecular weight is 248 g/mol. The van der Waals surface area contributed by atoms with E-state index in [2.05, 4.69) is 27.0 Å². The SMILES string of the molecule is N#Cc1c(N)c(Br)cc2cccnc12. The van der Waals surface area contributed by atoms with E-state index in [1.165, 1.54) is 0 Å². The van der Waals surface area contributed by atoms with Crippen LogP contribution in [0.25, 0.3) is 10.9 Å². The van der Waals surface area contributed by atoms with Crippen LogP contribution in [0.4, 0.5) is 5.69 Å². The van der Waals surface area contributed by atoms with E-state index in [1.54, 1.807) is 6.20 Å². The number of fused-ring (bicyclic) bond motifs is 1. The standard InChI is InChI=1S/C10H6BrN3/c11-8-4-6-2-1-3-14-10(6)7(5-12)9(8)13/h1-4H,13H2. The Morgan fingerprint density at radius 3 is 3.00 bits per heavy atom. The van der Waals surface area contributed by atoms with Crippen LogP contribution in [0.3, 0.4) is 0 Å². The van der Waals surface area contributed by atoms with Gasteiger partial charge in [-0.25, -0.2) is 0 Å². The molecule has 0 bridgehead atoms. The van der Waals surface area contributed by atoms with E-state index >= 15 is 0 Å². The summed E-state index contributed by atoms with van der Waals surface area (Å²) in [5, 5.41) is 9.86. The molecule has 2 rings (SSSR count). The summed E-state index contributed by atoms with van der Waals surface area (Å²) in [7, 11) is 0. The predicted octanol–water partition coefficient (Wildman–Crippen LogP) is 2.45. The zero-order chi connectivity index (χ0) is 10.1. The number of pyridine rings is 1. The second kappa shape index (κ2) is 3.28. The van der Waals surface area contributed by atoms with Gasteiger partial charge in [-0.2, -0.15) is 5.26 Å². The number of aromatic nitrogens is 1. The van der Waals surface area contributed by atoms with Crippen molar-refractivity contribution in [3.8, 4) is 6.07 Å². The first-order valence-corrected chi connectivity index (χ1v) is 4.76. The summed E-state index contributed by atoms with van der Waals surface area (Å²) in [6.45, 7) is 0. The predicted molar refractivity (Wildman–Crippen MR) is 58.6 cm³/mol. The molecule has 68 valence electrons. The highest BCUT2D eigenvalue weighted by molar-refractivity contribution is 9.10. The van der Waals surface area contributed by atoms with Crippen molar-refractivity contribution in [2.75, 3.05) is 5.73 Å². The van der Waals surface area contributed by atoms with Gasteiger partial charge in [0, 0.05) is 16.1 Å². The number of halogens is 1. The summed E-state index contributed by atoms with van der Waals surface area (Å²) in [5.74, 6) is 0. The topological polar surface area (TPSA) is 62.7 Å². The van der Waals surface area contributed by atoms with E-state index in [1.807, 2.05) is 18.2 Å². The van der Waals surface area contributed by atoms with E-state index < -0.39 is 0 Å². The van der Waals surface area contributed by atoms with Crippen molar-refractivity contribution in [3.63, 3.8) is 0 Å². The number of nitrogens with two attached hydrogens (primary N) is 1. The molecule has 0 amide bonds. The van der Waals surface area contributed by atoms with Crippen molar-refractivity contribution in [2.24, 2.45) is 0 Å². The van der Waals surface area contributed by atoms with Crippen LogP contribution in [0.15, 0.2) is 28.9 Å². The van der Waals surface area contributed by atoms with Crippen LogP contribution in [0.5, 0.6) is 0 Å². The molecular weight excluding hydrogens is 242 g/mol. The first-order chi connectivity index (χ1) is 6.74. The summed E-state index contributed by atoms with van der Waals surface area (Å²) in [6, 6.07) is 7.64. The largest absolute Gasteiger partial charge is 0.397 e. The summed E-state index contributed by atoms with van der Waals surface area (Å²) >= 11 is 3.30. The summed E-state index contributed by atoms with van der Waals surface area (Å²) in [6.07, 6.45) is 1.65. The molecule has 2 N–H and O–H groups in total. The van der Waals surface area contributed by atoms with Gasteiger partial charge in [-0.05, 0) is 28.1 Å². The Morgan fingerprint density at radius 2 is 2.29 bits per heavy atom. The van der Waals surface area contributed by atoms with Crippen molar-refractivity contribution < 1.29 is 0 Å². The maximum absolute atomic E-state index is 8.95. The first-order valence-electron chi connectivity index (χ1n) is 3.97. The molecule has 0 radical (unpaired) electrons. The highest BCUT2D eigenvalue weighted by Crippen LogP contribution is 2.29. The van der Waals surface area contributed by atoms with Crippen molar-refractivity contribution in [3.05, 3.63) is 34.4 Å². The molecule has 0 atom stereocenters. The lowest BCUT2D eigenvalue weighted by molar-refractivity contribution is 1.39. The smallest absolute Gasteiger partial charge is 0.104 e. The Bertz CT molecular complexity index is 543. The minimum Gasteiger partial charge on any atom is -0.397 e. The minimum atomic E-state index is 0.426. The fourth-order valence-corrected chi connectivity index (χ4v) is 1.76. The van der Waals surface area contributed by atoms with Gasteiger partial charge < -0.3 is 5.73 Å². The maximum atomic E-state index is 8.95. The van der Waals surface area contributed by atoms with Crippen molar-refractivity contribution in [1.82, 2.24) is 4.98 Å². The van der Waals surface area contributed by atoms with Crippen LogP contribution < -0.4 is 5.73 Å². The van der Waals surface area contributed by atoms with Crippen LogP contribution in [-0.4, -0.2) is 4.98 Å². The van der Waals surface area contributed by atoms with Gasteiger partial charge in [-0.1, -0.05) is 6.07 Å². The minimum absolute atomic E-state index is 0.426. The van der Waals surface area contributed by atoms with Gasteiger partial charge in [0.05, 0.1) is 11.2 Å². The molecule has 0 fully saturated rings. The average Bonchev–Trinajstić information content (AvgIpc) is 2.20. The molecule has 14 heavy (non-hydrogen) atoms. The first kappa shape index (κ1) is 8.97. The molecule has 1 aromatic heterocycles. The van der Waals surface area contributed by atoms with Gasteiger partial charge in [0.15, 0.2) is 0 Å². The second-order valence-electron chi connectivity index (χ2n) is 2.83. The number of nitriles is 1. The Morgan fingerprint density at radius 1 is 1.50 bits per heavy atom. The molecule has 0 aliphatic heterocycles. The monoisotopic (exact) mass is 247 g/mol. The lowest BCUT2D eigenvalue weighted by Crippen LogP contribution is -1.94. The van der Waals surface area contributed by atoms with Crippen LogP contribution in [-0.2, 0) is 0 Å². The third kappa shape index (κ3) is 1.22. The highest BCUT2D eigenvalue weighted by Gasteiger charge is 2.09. The second-order valence-corrected chi connectivity index (χ2v) is 3.69. The lowest BCUT2D eigenvalue weighted by Gasteiger charge is -2.04. The fourth-order valence-electron chi connectivity index (χ4n) is 1.32. The molecule has 0 saturated carbocycles. The number of hydrogen-bond acceptors (Lipinski definition) is 3. The molecule has 1 heterocycles. The molecular formula is C10H6BrN3. The summed E-state index contributed by atoms with van der Waals surface area (Å²) in [5.41, 5.74) is 7.27. The van der Waals surface area contributed by atoms with E-state index in [4.69, 9.17) is 11.0 Å². The molecule has 0 saturated heterocycles. The van der Waals surface area contributed by atoms with Gasteiger partial charge in [0.2, 0.25) is 0 Å². The van der Waals surface area contributed by atoms with E-state index in [-0.39, 0.29) is 0 Å². The quantitative estimate of drug-likeness (QED) is 0.728. The lowest BCUT2D eigenvalue weighted by atomic mass is 10.1. The number of rotatable bonds is 0. The van der Waals surface area contributed by atoms with Gasteiger partial charge >= 0.3 is 0 Å². The number of anilines is 1. The van der Waals surface area contributed by atoms with Crippen LogP contribution in [0, 0.1) is 11.3 Å². The summed E-state index contributed by atoms with van der Waals surface area (Å²) < 4.78 is 0.731. The van der Waals surface area contributed by atoms with Gasteiger partial charge in [-0.15, -0.1) is 0 Å². The normalized spacial score (nSPS) is 10.0. The van der Waals surface area contributed by atoms with Gasteiger partial charge in [-0.3, -0.25) is 4.98 Å². The Kier molecular flexibility index (Phi) is 2.10. The Labute approximate surface area is 89.3 Å². The number of benzene rings is 1. The molecule has 0 unspecified atom stereocenters. The van der Waals surface area contributed by atoms with E-state index in [0.29, 0.717) is 16.8 Å². The van der Waals surface area contributed by atoms with Crippen LogP contribution >= 0.6 is 15.9 Å². The Balaban J connectivity index is 2.98. The molecule has 2 aromatic rings. The number of hydrogen-bond donors (Lipinski definition) is 1. The molecule has 1 aromatic carbocycles. The highest BCUT2D eigenvalue weighted by atomic mass is 79.9. The van der Waals surface area contributed by atoms with E-state index in [9.17, 15) is 0 Å². The Hall–Kier alpha value is -1.60. The molecule has 0 aliphatic rings.